The Morgan fingerprint density at radius 1 is 1.45 bits per heavy atom. The zero-order valence-corrected chi connectivity index (χ0v) is 5.65. The first-order chi connectivity index (χ1) is 5.06. The third kappa shape index (κ3) is 9.22. The highest BCUT2D eigenvalue weighted by atomic mass is 19.4. The highest BCUT2D eigenvalue weighted by molar-refractivity contribution is 5.45. The average molecular weight is 171 g/mol. The highest BCUT2D eigenvalue weighted by Gasteiger charge is 2.26. The molecule has 0 heterocycles. The summed E-state index contributed by atoms with van der Waals surface area (Å²) in [4.78, 5) is 9.58. The molecule has 0 aliphatic carbocycles. The molecular weight excluding hydrogens is 163 g/mol. The molecule has 0 aliphatic rings. The number of amides is 1. The summed E-state index contributed by atoms with van der Waals surface area (Å²) in [6.07, 6.45) is -3.89. The molecule has 0 atom stereocenters. The van der Waals surface area contributed by atoms with Crippen LogP contribution >= 0.6 is 0 Å². The topological polar surface area (TPSA) is 38.3 Å². The third-order valence-corrected chi connectivity index (χ3v) is 0.740. The molecule has 0 aliphatic heterocycles. The van der Waals surface area contributed by atoms with Gasteiger partial charge in [0.05, 0.1) is 6.61 Å². The fraction of sp³-hybridized carbons (Fsp3) is 0.800. The van der Waals surface area contributed by atoms with Crippen LogP contribution < -0.4 is 5.32 Å². The first-order valence-electron chi connectivity index (χ1n) is 2.88. The van der Waals surface area contributed by atoms with Crippen LogP contribution in [-0.2, 0) is 9.53 Å². The van der Waals surface area contributed by atoms with Gasteiger partial charge in [-0.05, 0) is 0 Å². The Labute approximate surface area is 61.5 Å². The van der Waals surface area contributed by atoms with Crippen molar-refractivity contribution in [2.24, 2.45) is 0 Å². The van der Waals surface area contributed by atoms with Crippen LogP contribution in [-0.4, -0.2) is 32.3 Å². The number of carbonyl (C=O) groups excluding carboxylic acids is 1. The van der Waals surface area contributed by atoms with Gasteiger partial charge in [0.15, 0.2) is 0 Å². The number of hydrogen-bond donors (Lipinski definition) is 1. The van der Waals surface area contributed by atoms with E-state index in [0.29, 0.717) is 6.41 Å². The van der Waals surface area contributed by atoms with Gasteiger partial charge in [0.2, 0.25) is 6.41 Å². The number of ether oxygens (including phenoxy) is 1. The van der Waals surface area contributed by atoms with Crippen LogP contribution in [0.2, 0.25) is 0 Å². The summed E-state index contributed by atoms with van der Waals surface area (Å²) in [6, 6.07) is 0. The minimum Gasteiger partial charge on any atom is -0.370 e. The fourth-order valence-electron chi connectivity index (χ4n) is 0.378. The maximum atomic E-state index is 11.3. The molecule has 1 N–H and O–H groups in total. The van der Waals surface area contributed by atoms with Crippen molar-refractivity contribution in [1.82, 2.24) is 5.32 Å². The predicted molar refractivity (Wildman–Crippen MR) is 30.9 cm³/mol. The van der Waals surface area contributed by atoms with Crippen molar-refractivity contribution in [3.8, 4) is 0 Å². The van der Waals surface area contributed by atoms with Gasteiger partial charge in [-0.15, -0.1) is 0 Å². The Morgan fingerprint density at radius 3 is 2.55 bits per heavy atom. The lowest BCUT2D eigenvalue weighted by Crippen LogP contribution is -2.22. The molecule has 0 saturated carbocycles. The molecule has 1 amide bonds. The van der Waals surface area contributed by atoms with Crippen LogP contribution in [0.15, 0.2) is 0 Å². The average Bonchev–Trinajstić information content (AvgIpc) is 1.85. The Morgan fingerprint density at radius 2 is 2.09 bits per heavy atom. The van der Waals surface area contributed by atoms with Gasteiger partial charge in [0.25, 0.3) is 0 Å². The summed E-state index contributed by atoms with van der Waals surface area (Å²) in [5.74, 6) is 0. The maximum absolute atomic E-state index is 11.3. The second kappa shape index (κ2) is 4.95. The molecule has 0 unspecified atom stereocenters. The van der Waals surface area contributed by atoms with Gasteiger partial charge in [-0.25, -0.2) is 0 Å². The summed E-state index contributed by atoms with van der Waals surface area (Å²) in [7, 11) is 0. The molecule has 11 heavy (non-hydrogen) atoms. The molecule has 66 valence electrons. The Hall–Kier alpha value is -0.780. The summed E-state index contributed by atoms with van der Waals surface area (Å²) in [5.41, 5.74) is 0. The second-order valence-corrected chi connectivity index (χ2v) is 1.74. The summed E-state index contributed by atoms with van der Waals surface area (Å²) < 4.78 is 38.2. The van der Waals surface area contributed by atoms with Gasteiger partial charge < -0.3 is 10.1 Å². The number of hydrogen-bond acceptors (Lipinski definition) is 2. The molecule has 0 aromatic carbocycles. The summed E-state index contributed by atoms with van der Waals surface area (Å²) in [6.45, 7) is -1.30. The number of carbonyl (C=O) groups is 1. The van der Waals surface area contributed by atoms with E-state index < -0.39 is 12.8 Å². The number of nitrogens with one attached hydrogen (secondary N) is 1. The lowest BCUT2D eigenvalue weighted by Gasteiger charge is -2.06. The summed E-state index contributed by atoms with van der Waals surface area (Å²) >= 11 is 0. The second-order valence-electron chi connectivity index (χ2n) is 1.74. The van der Waals surface area contributed by atoms with Crippen molar-refractivity contribution in [1.29, 1.82) is 0 Å². The van der Waals surface area contributed by atoms with Gasteiger partial charge in [0.1, 0.15) is 6.61 Å². The van der Waals surface area contributed by atoms with Gasteiger partial charge in [-0.3, -0.25) is 4.79 Å². The lowest BCUT2D eigenvalue weighted by molar-refractivity contribution is -0.173. The van der Waals surface area contributed by atoms with E-state index in [-0.39, 0.29) is 13.2 Å². The standard InChI is InChI=1S/C5H8F3NO2/c6-5(7,8)3-11-2-1-9-4-10/h4H,1-3H2,(H,9,10). The van der Waals surface area contributed by atoms with Gasteiger partial charge >= 0.3 is 6.18 Å². The molecule has 0 bridgehead atoms. The van der Waals surface area contributed by atoms with Crippen molar-refractivity contribution in [3.63, 3.8) is 0 Å². The normalized spacial score (nSPS) is 11.2. The van der Waals surface area contributed by atoms with Crippen LogP contribution in [0.4, 0.5) is 13.2 Å². The molecule has 0 radical (unpaired) electrons. The van der Waals surface area contributed by atoms with E-state index in [0.717, 1.165) is 0 Å². The van der Waals surface area contributed by atoms with E-state index in [1.165, 1.54) is 0 Å². The minimum absolute atomic E-state index is 0.0968. The van der Waals surface area contributed by atoms with E-state index in [4.69, 9.17) is 0 Å². The monoisotopic (exact) mass is 171 g/mol. The summed E-state index contributed by atoms with van der Waals surface area (Å²) in [5, 5.41) is 2.16. The van der Waals surface area contributed by atoms with Gasteiger partial charge in [0, 0.05) is 6.54 Å². The molecule has 0 aromatic rings. The van der Waals surface area contributed by atoms with Gasteiger partial charge in [-0.2, -0.15) is 13.2 Å². The van der Waals surface area contributed by atoms with Crippen molar-refractivity contribution in [2.75, 3.05) is 19.8 Å². The van der Waals surface area contributed by atoms with Crippen LogP contribution in [0.3, 0.4) is 0 Å². The molecule has 3 nitrogen and oxygen atoms in total. The quantitative estimate of drug-likeness (QED) is 0.477. The number of alkyl halides is 3. The largest absolute Gasteiger partial charge is 0.411 e. The van der Waals surface area contributed by atoms with E-state index in [1.807, 2.05) is 0 Å². The van der Waals surface area contributed by atoms with Crippen LogP contribution in [0.25, 0.3) is 0 Å². The van der Waals surface area contributed by atoms with Crippen molar-refractivity contribution in [3.05, 3.63) is 0 Å². The smallest absolute Gasteiger partial charge is 0.370 e. The number of rotatable bonds is 5. The first-order valence-corrected chi connectivity index (χ1v) is 2.88. The predicted octanol–water partition coefficient (Wildman–Crippen LogP) is 0.311. The van der Waals surface area contributed by atoms with Crippen molar-refractivity contribution in [2.45, 2.75) is 6.18 Å². The zero-order valence-electron chi connectivity index (χ0n) is 5.65. The molecule has 0 rings (SSSR count). The van der Waals surface area contributed by atoms with Gasteiger partial charge in [-0.1, -0.05) is 0 Å². The Bertz CT molecular complexity index is 115. The Balaban J connectivity index is 3.08. The van der Waals surface area contributed by atoms with Crippen molar-refractivity contribution >= 4 is 6.41 Å². The first kappa shape index (κ1) is 10.2. The molecule has 6 heteroatoms. The molecule has 0 saturated heterocycles. The minimum atomic E-state index is -4.29. The SMILES string of the molecule is O=CNCCOCC(F)(F)F. The fourth-order valence-corrected chi connectivity index (χ4v) is 0.378. The lowest BCUT2D eigenvalue weighted by atomic mass is 10.6. The zero-order chi connectivity index (χ0) is 8.74. The van der Waals surface area contributed by atoms with Crippen LogP contribution in [0.1, 0.15) is 0 Å². The maximum Gasteiger partial charge on any atom is 0.411 e. The Kier molecular flexibility index (Phi) is 4.60. The molecular formula is C5H8F3NO2. The van der Waals surface area contributed by atoms with E-state index in [9.17, 15) is 18.0 Å². The highest BCUT2D eigenvalue weighted by Crippen LogP contribution is 2.13. The van der Waals surface area contributed by atoms with Crippen LogP contribution in [0, 0.1) is 0 Å². The third-order valence-electron chi connectivity index (χ3n) is 0.740. The van der Waals surface area contributed by atoms with E-state index >= 15 is 0 Å². The molecule has 0 aromatic heterocycles. The van der Waals surface area contributed by atoms with E-state index in [2.05, 4.69) is 10.1 Å². The molecule has 0 spiro atoms. The van der Waals surface area contributed by atoms with E-state index in [1.54, 1.807) is 0 Å². The van der Waals surface area contributed by atoms with Crippen molar-refractivity contribution < 1.29 is 22.7 Å². The van der Waals surface area contributed by atoms with Crippen LogP contribution in [0.5, 0.6) is 0 Å². The molecule has 0 fully saturated rings. The number of halogens is 3.